The number of halogens is 6. The molecule has 2 aromatic carbocycles. The van der Waals surface area contributed by atoms with Crippen LogP contribution >= 0.6 is 0 Å². The van der Waals surface area contributed by atoms with Gasteiger partial charge in [-0.1, -0.05) is 24.3 Å². The van der Waals surface area contributed by atoms with Crippen LogP contribution in [0.5, 0.6) is 0 Å². The molecule has 3 rings (SSSR count). The topological polar surface area (TPSA) is 46.9 Å². The van der Waals surface area contributed by atoms with E-state index >= 15 is 0 Å². The Bertz CT molecular complexity index is 1010. The van der Waals surface area contributed by atoms with E-state index < -0.39 is 35.4 Å². The lowest BCUT2D eigenvalue weighted by molar-refractivity contribution is -0.141. The van der Waals surface area contributed by atoms with E-state index in [1.54, 1.807) is 12.1 Å². The number of carbonyl (C=O) groups excluding carboxylic acids is 1. The van der Waals surface area contributed by atoms with Crippen molar-refractivity contribution in [1.29, 1.82) is 0 Å². The molecule has 4 nitrogen and oxygen atoms in total. The highest BCUT2D eigenvalue weighted by Gasteiger charge is 2.34. The van der Waals surface area contributed by atoms with Gasteiger partial charge in [-0.3, -0.25) is 0 Å². The van der Waals surface area contributed by atoms with Gasteiger partial charge in [0.2, 0.25) is 0 Å². The summed E-state index contributed by atoms with van der Waals surface area (Å²) in [4.78, 5) is 12.0. The molecule has 1 N–H and O–H groups in total. The Kier molecular flexibility index (Phi) is 5.12. The molecule has 0 spiro atoms. The van der Waals surface area contributed by atoms with Gasteiger partial charge in [0.15, 0.2) is 23.1 Å². The molecule has 0 aliphatic heterocycles. The molecule has 0 aliphatic rings. The van der Waals surface area contributed by atoms with Crippen molar-refractivity contribution in [3.63, 3.8) is 0 Å². The van der Waals surface area contributed by atoms with Gasteiger partial charge in [0.05, 0.1) is 0 Å². The molecule has 0 saturated heterocycles. The molecule has 145 valence electrons. The first-order valence-electron chi connectivity index (χ1n) is 7.72. The van der Waals surface area contributed by atoms with Crippen LogP contribution in [0.4, 0.5) is 31.1 Å². The maximum Gasteiger partial charge on any atom is 0.435 e. The first-order valence-corrected chi connectivity index (χ1v) is 7.72. The predicted molar refractivity (Wildman–Crippen MR) is 85.5 cm³/mol. The number of benzene rings is 2. The zero-order valence-corrected chi connectivity index (χ0v) is 13.8. The lowest BCUT2D eigenvalue weighted by Gasteiger charge is -2.11. The summed E-state index contributed by atoms with van der Waals surface area (Å²) >= 11 is 0. The van der Waals surface area contributed by atoms with Gasteiger partial charge in [-0.2, -0.15) is 23.0 Å². The van der Waals surface area contributed by atoms with Crippen LogP contribution in [0.15, 0.2) is 42.6 Å². The number of alkyl halides is 3. The van der Waals surface area contributed by atoms with E-state index in [0.717, 1.165) is 18.3 Å². The molecule has 0 atom stereocenters. The highest BCUT2D eigenvalue weighted by molar-refractivity contribution is 5.76. The van der Waals surface area contributed by atoms with E-state index in [9.17, 15) is 31.1 Å². The fourth-order valence-electron chi connectivity index (χ4n) is 2.45. The smallest absolute Gasteiger partial charge is 0.332 e. The van der Waals surface area contributed by atoms with Gasteiger partial charge in [-0.25, -0.2) is 18.0 Å². The van der Waals surface area contributed by atoms with Crippen LogP contribution in [0.3, 0.4) is 0 Å². The maximum absolute atomic E-state index is 13.5. The number of carbonyl (C=O) groups is 1. The fraction of sp³-hybridized carbons (Fsp3) is 0.111. The van der Waals surface area contributed by atoms with Crippen LogP contribution in [-0.4, -0.2) is 15.8 Å². The van der Waals surface area contributed by atoms with Crippen LogP contribution in [-0.2, 0) is 12.7 Å². The Balaban J connectivity index is 1.81. The number of rotatable bonds is 3. The van der Waals surface area contributed by atoms with Crippen molar-refractivity contribution < 1.29 is 31.1 Å². The minimum absolute atomic E-state index is 0.0352. The summed E-state index contributed by atoms with van der Waals surface area (Å²) in [6.07, 6.45) is -4.01. The predicted octanol–water partition coefficient (Wildman–Crippen LogP) is 4.54. The SMILES string of the molecule is O=C(NCc1ccccc1-c1cc(F)c(F)c(F)c1)n1c[c]c(C(F)(F)F)n1. The van der Waals surface area contributed by atoms with E-state index in [2.05, 4.69) is 10.4 Å². The normalized spacial score (nSPS) is 11.5. The van der Waals surface area contributed by atoms with E-state index in [1.807, 2.05) is 6.07 Å². The van der Waals surface area contributed by atoms with Crippen molar-refractivity contribution in [1.82, 2.24) is 15.1 Å². The Morgan fingerprint density at radius 1 is 1.11 bits per heavy atom. The molecule has 1 radical (unpaired) electrons. The summed E-state index contributed by atoms with van der Waals surface area (Å²) < 4.78 is 78.2. The van der Waals surface area contributed by atoms with Crippen molar-refractivity contribution in [3.8, 4) is 11.1 Å². The number of hydrogen-bond donors (Lipinski definition) is 1. The number of hydrogen-bond acceptors (Lipinski definition) is 2. The average molecular weight is 398 g/mol. The van der Waals surface area contributed by atoms with Gasteiger partial charge >= 0.3 is 12.2 Å². The third kappa shape index (κ3) is 4.00. The lowest BCUT2D eigenvalue weighted by atomic mass is 9.99. The fourth-order valence-corrected chi connectivity index (χ4v) is 2.45. The number of aromatic nitrogens is 2. The molecule has 3 aromatic rings. The minimum atomic E-state index is -4.74. The van der Waals surface area contributed by atoms with E-state index in [0.29, 0.717) is 15.8 Å². The van der Waals surface area contributed by atoms with Gasteiger partial charge in [0, 0.05) is 18.8 Å². The van der Waals surface area contributed by atoms with E-state index in [1.165, 1.54) is 12.1 Å². The Morgan fingerprint density at radius 2 is 1.75 bits per heavy atom. The van der Waals surface area contributed by atoms with Crippen molar-refractivity contribution in [3.05, 3.63) is 77.4 Å². The Morgan fingerprint density at radius 3 is 2.36 bits per heavy atom. The molecule has 0 bridgehead atoms. The second-order valence-electron chi connectivity index (χ2n) is 5.63. The molecule has 0 saturated carbocycles. The van der Waals surface area contributed by atoms with Crippen molar-refractivity contribution in [2.75, 3.05) is 0 Å². The summed E-state index contributed by atoms with van der Waals surface area (Å²) in [6, 6.07) is 8.66. The first kappa shape index (κ1) is 19.5. The van der Waals surface area contributed by atoms with Gasteiger partial charge in [-0.15, -0.1) is 0 Å². The third-order valence-electron chi connectivity index (χ3n) is 3.75. The van der Waals surface area contributed by atoms with E-state index in [4.69, 9.17) is 0 Å². The number of nitrogens with zero attached hydrogens (tertiary/aromatic N) is 2. The summed E-state index contributed by atoms with van der Waals surface area (Å²) in [5, 5.41) is 5.43. The van der Waals surface area contributed by atoms with E-state index in [-0.39, 0.29) is 12.1 Å². The second-order valence-corrected chi connectivity index (χ2v) is 5.63. The van der Waals surface area contributed by atoms with Crippen LogP contribution in [0.25, 0.3) is 11.1 Å². The maximum atomic E-state index is 13.5. The molecule has 1 amide bonds. The summed E-state index contributed by atoms with van der Waals surface area (Å²) in [5.41, 5.74) is -0.606. The molecule has 0 unspecified atom stereocenters. The number of nitrogens with one attached hydrogen (secondary N) is 1. The Hall–Kier alpha value is -3.30. The summed E-state index contributed by atoms with van der Waals surface area (Å²) in [6.45, 7) is -0.184. The molecular weight excluding hydrogens is 388 g/mol. The molecule has 0 aliphatic carbocycles. The molecule has 28 heavy (non-hydrogen) atoms. The number of amides is 1. The zero-order chi connectivity index (χ0) is 20.5. The van der Waals surface area contributed by atoms with Crippen molar-refractivity contribution in [2.45, 2.75) is 12.7 Å². The largest absolute Gasteiger partial charge is 0.435 e. The van der Waals surface area contributed by atoms with Gasteiger partial charge in [0.1, 0.15) is 0 Å². The third-order valence-corrected chi connectivity index (χ3v) is 3.75. The monoisotopic (exact) mass is 398 g/mol. The van der Waals surface area contributed by atoms with Gasteiger partial charge < -0.3 is 5.32 Å². The molecular formula is C18H10F6N3O. The minimum Gasteiger partial charge on any atom is -0.332 e. The van der Waals surface area contributed by atoms with Gasteiger partial charge in [-0.05, 0) is 28.8 Å². The Labute approximate surface area is 154 Å². The lowest BCUT2D eigenvalue weighted by Crippen LogP contribution is -2.29. The van der Waals surface area contributed by atoms with Crippen molar-refractivity contribution >= 4 is 6.03 Å². The van der Waals surface area contributed by atoms with Crippen LogP contribution in [0.2, 0.25) is 0 Å². The average Bonchev–Trinajstić information content (AvgIpc) is 3.15. The standard InChI is InChI=1S/C18H10F6N3O/c19-13-7-11(8-14(20)16(13)21)12-4-2-1-3-10(12)9-25-17(28)27-6-5-15(26-27)18(22,23)24/h1-4,6-8H,9H2,(H,25,28). The summed E-state index contributed by atoms with van der Waals surface area (Å²) in [7, 11) is 0. The van der Waals surface area contributed by atoms with Gasteiger partial charge in [0.25, 0.3) is 0 Å². The summed E-state index contributed by atoms with van der Waals surface area (Å²) in [5.74, 6) is -4.36. The molecule has 1 aromatic heterocycles. The second kappa shape index (κ2) is 7.37. The molecule has 0 fully saturated rings. The molecule has 10 heteroatoms. The van der Waals surface area contributed by atoms with Crippen molar-refractivity contribution in [2.24, 2.45) is 0 Å². The van der Waals surface area contributed by atoms with Crippen LogP contribution < -0.4 is 5.32 Å². The first-order chi connectivity index (χ1) is 13.2. The molecule has 1 heterocycles. The van der Waals surface area contributed by atoms with Crippen LogP contribution in [0.1, 0.15) is 11.3 Å². The quantitative estimate of drug-likeness (QED) is 0.520. The zero-order valence-electron chi connectivity index (χ0n) is 13.8. The highest BCUT2D eigenvalue weighted by Crippen LogP contribution is 2.28. The van der Waals surface area contributed by atoms with Crippen LogP contribution in [0, 0.1) is 23.5 Å². The highest BCUT2D eigenvalue weighted by atomic mass is 19.4.